The molecule has 110 valence electrons. The number of ether oxygens (including phenoxy) is 2. The molecule has 0 unspecified atom stereocenters. The van der Waals surface area contributed by atoms with E-state index in [-0.39, 0.29) is 0 Å². The highest BCUT2D eigenvalue weighted by molar-refractivity contribution is 9.10. The van der Waals surface area contributed by atoms with Gasteiger partial charge in [-0.3, -0.25) is 0 Å². The zero-order chi connectivity index (χ0) is 14.7. The van der Waals surface area contributed by atoms with Gasteiger partial charge in [0.25, 0.3) is 0 Å². The largest absolute Gasteiger partial charge is 0.486 e. The first kappa shape index (κ1) is 14.3. The van der Waals surface area contributed by atoms with Gasteiger partial charge in [-0.2, -0.15) is 0 Å². The second-order valence-electron chi connectivity index (χ2n) is 4.97. The third kappa shape index (κ3) is 3.16. The minimum atomic E-state index is 0.604. The lowest BCUT2D eigenvalue weighted by molar-refractivity contribution is 0.170. The predicted octanol–water partition coefficient (Wildman–Crippen LogP) is 4.39. The summed E-state index contributed by atoms with van der Waals surface area (Å²) in [5, 5.41) is 3.50. The molecule has 3 rings (SSSR count). The third-order valence-electron chi connectivity index (χ3n) is 3.54. The van der Waals surface area contributed by atoms with Gasteiger partial charge in [0, 0.05) is 12.2 Å². The number of rotatable bonds is 4. The standard InChI is InChI=1S/C17H18BrNO2/c1-2-13-5-3-4-6-15(13)19-11-12-9-14(18)17-16(10-12)20-7-8-21-17/h3-6,9-10,19H,2,7-8,11H2,1H3. The van der Waals surface area contributed by atoms with Gasteiger partial charge in [0.1, 0.15) is 13.2 Å². The number of halogens is 1. The Morgan fingerprint density at radius 2 is 1.95 bits per heavy atom. The molecule has 3 nitrogen and oxygen atoms in total. The van der Waals surface area contributed by atoms with E-state index >= 15 is 0 Å². The number of fused-ring (bicyclic) bond motifs is 1. The zero-order valence-corrected chi connectivity index (χ0v) is 13.6. The molecule has 0 aromatic heterocycles. The van der Waals surface area contributed by atoms with Crippen LogP contribution in [0.5, 0.6) is 11.5 Å². The summed E-state index contributed by atoms with van der Waals surface area (Å²) in [6, 6.07) is 12.5. The molecular formula is C17H18BrNO2. The molecule has 0 aliphatic carbocycles. The van der Waals surface area contributed by atoms with Gasteiger partial charge >= 0.3 is 0 Å². The minimum absolute atomic E-state index is 0.604. The molecule has 4 heteroatoms. The van der Waals surface area contributed by atoms with Gasteiger partial charge in [0.15, 0.2) is 11.5 Å². The number of nitrogens with one attached hydrogen (secondary N) is 1. The van der Waals surface area contributed by atoms with E-state index in [4.69, 9.17) is 9.47 Å². The van der Waals surface area contributed by atoms with Crippen LogP contribution in [0, 0.1) is 0 Å². The van der Waals surface area contributed by atoms with Gasteiger partial charge in [-0.25, -0.2) is 0 Å². The molecule has 2 aromatic rings. The summed E-state index contributed by atoms with van der Waals surface area (Å²) in [5.74, 6) is 1.62. The predicted molar refractivity (Wildman–Crippen MR) is 88.3 cm³/mol. The SMILES string of the molecule is CCc1ccccc1NCc1cc(Br)c2c(c1)OCCO2. The highest BCUT2D eigenvalue weighted by Gasteiger charge is 2.16. The molecule has 0 saturated carbocycles. The van der Waals surface area contributed by atoms with Gasteiger partial charge < -0.3 is 14.8 Å². The molecule has 1 N–H and O–H groups in total. The minimum Gasteiger partial charge on any atom is -0.486 e. The van der Waals surface area contributed by atoms with Crippen molar-refractivity contribution in [3.8, 4) is 11.5 Å². The van der Waals surface area contributed by atoms with Crippen LogP contribution in [-0.2, 0) is 13.0 Å². The number of hydrogen-bond donors (Lipinski definition) is 1. The summed E-state index contributed by atoms with van der Waals surface area (Å²) in [5.41, 5.74) is 3.68. The Bertz CT molecular complexity index is 643. The molecule has 0 fully saturated rings. The average Bonchev–Trinajstić information content (AvgIpc) is 2.53. The topological polar surface area (TPSA) is 30.5 Å². The molecule has 1 aliphatic rings. The van der Waals surface area contributed by atoms with Crippen molar-refractivity contribution < 1.29 is 9.47 Å². The summed E-state index contributed by atoms with van der Waals surface area (Å²) in [4.78, 5) is 0. The third-order valence-corrected chi connectivity index (χ3v) is 4.13. The molecule has 0 atom stereocenters. The summed E-state index contributed by atoms with van der Waals surface area (Å²) < 4.78 is 12.2. The maximum absolute atomic E-state index is 5.66. The van der Waals surface area contributed by atoms with Crippen molar-refractivity contribution in [2.75, 3.05) is 18.5 Å². The average molecular weight is 348 g/mol. The zero-order valence-electron chi connectivity index (χ0n) is 12.0. The molecule has 1 heterocycles. The van der Waals surface area contributed by atoms with Crippen LogP contribution in [0.1, 0.15) is 18.1 Å². The fourth-order valence-electron chi connectivity index (χ4n) is 2.46. The second-order valence-corrected chi connectivity index (χ2v) is 5.82. The van der Waals surface area contributed by atoms with Gasteiger partial charge in [-0.05, 0) is 51.7 Å². The second kappa shape index (κ2) is 6.39. The van der Waals surface area contributed by atoms with E-state index in [1.54, 1.807) is 0 Å². The van der Waals surface area contributed by atoms with Crippen molar-refractivity contribution in [1.82, 2.24) is 0 Å². The summed E-state index contributed by atoms with van der Waals surface area (Å²) in [6.07, 6.45) is 1.02. The van der Waals surface area contributed by atoms with Crippen molar-refractivity contribution in [3.63, 3.8) is 0 Å². The maximum Gasteiger partial charge on any atom is 0.175 e. The normalized spacial score (nSPS) is 13.0. The van der Waals surface area contributed by atoms with Crippen LogP contribution in [0.25, 0.3) is 0 Å². The lowest BCUT2D eigenvalue weighted by atomic mass is 10.1. The van der Waals surface area contributed by atoms with Crippen molar-refractivity contribution in [2.45, 2.75) is 19.9 Å². The van der Waals surface area contributed by atoms with E-state index in [1.165, 1.54) is 11.3 Å². The first-order chi connectivity index (χ1) is 10.3. The van der Waals surface area contributed by atoms with E-state index < -0.39 is 0 Å². The van der Waals surface area contributed by atoms with Crippen LogP contribution in [0.15, 0.2) is 40.9 Å². The molecule has 1 aliphatic heterocycles. The molecule has 21 heavy (non-hydrogen) atoms. The van der Waals surface area contributed by atoms with Crippen LogP contribution in [0.2, 0.25) is 0 Å². The number of aryl methyl sites for hydroxylation is 1. The lowest BCUT2D eigenvalue weighted by Crippen LogP contribution is -2.16. The van der Waals surface area contributed by atoms with Crippen LogP contribution in [0.4, 0.5) is 5.69 Å². The quantitative estimate of drug-likeness (QED) is 0.889. The van der Waals surface area contributed by atoms with Crippen LogP contribution in [-0.4, -0.2) is 13.2 Å². The molecule has 0 bridgehead atoms. The van der Waals surface area contributed by atoms with E-state index in [0.717, 1.165) is 34.5 Å². The van der Waals surface area contributed by atoms with E-state index in [0.29, 0.717) is 13.2 Å². The monoisotopic (exact) mass is 347 g/mol. The van der Waals surface area contributed by atoms with Crippen LogP contribution < -0.4 is 14.8 Å². The fourth-order valence-corrected chi connectivity index (χ4v) is 3.07. The highest BCUT2D eigenvalue weighted by atomic mass is 79.9. The van der Waals surface area contributed by atoms with Crippen molar-refractivity contribution >= 4 is 21.6 Å². The fraction of sp³-hybridized carbons (Fsp3) is 0.294. The molecule has 2 aromatic carbocycles. The number of anilines is 1. The summed E-state index contributed by atoms with van der Waals surface area (Å²) >= 11 is 3.55. The summed E-state index contributed by atoms with van der Waals surface area (Å²) in [6.45, 7) is 4.13. The smallest absolute Gasteiger partial charge is 0.175 e. The number of para-hydroxylation sites is 1. The van der Waals surface area contributed by atoms with Crippen molar-refractivity contribution in [3.05, 3.63) is 52.0 Å². The Morgan fingerprint density at radius 1 is 1.14 bits per heavy atom. The molecule has 0 radical (unpaired) electrons. The lowest BCUT2D eigenvalue weighted by Gasteiger charge is -2.20. The van der Waals surface area contributed by atoms with Crippen molar-refractivity contribution in [2.24, 2.45) is 0 Å². The van der Waals surface area contributed by atoms with Gasteiger partial charge in [0.2, 0.25) is 0 Å². The highest BCUT2D eigenvalue weighted by Crippen LogP contribution is 2.38. The van der Waals surface area contributed by atoms with Gasteiger partial charge in [-0.1, -0.05) is 25.1 Å². The first-order valence-corrected chi connectivity index (χ1v) is 7.97. The Hall–Kier alpha value is -1.68. The molecule has 0 saturated heterocycles. The molecular weight excluding hydrogens is 330 g/mol. The van der Waals surface area contributed by atoms with Crippen molar-refractivity contribution in [1.29, 1.82) is 0 Å². The van der Waals surface area contributed by atoms with Crippen LogP contribution in [0.3, 0.4) is 0 Å². The number of hydrogen-bond acceptors (Lipinski definition) is 3. The van der Waals surface area contributed by atoms with E-state index in [9.17, 15) is 0 Å². The van der Waals surface area contributed by atoms with E-state index in [1.807, 2.05) is 6.07 Å². The summed E-state index contributed by atoms with van der Waals surface area (Å²) in [7, 11) is 0. The van der Waals surface area contributed by atoms with Crippen LogP contribution >= 0.6 is 15.9 Å². The Kier molecular flexibility index (Phi) is 4.34. The number of benzene rings is 2. The first-order valence-electron chi connectivity index (χ1n) is 7.17. The molecule has 0 amide bonds. The molecule has 0 spiro atoms. The van der Waals surface area contributed by atoms with E-state index in [2.05, 4.69) is 58.5 Å². The Labute approximate surface area is 133 Å². The Balaban J connectivity index is 1.78. The van der Waals surface area contributed by atoms with Gasteiger partial charge in [-0.15, -0.1) is 0 Å². The maximum atomic E-state index is 5.66. The van der Waals surface area contributed by atoms with Gasteiger partial charge in [0.05, 0.1) is 4.47 Å². The Morgan fingerprint density at radius 3 is 2.81 bits per heavy atom.